The van der Waals surface area contributed by atoms with E-state index in [-0.39, 0.29) is 28.0 Å². The van der Waals surface area contributed by atoms with Crippen molar-refractivity contribution in [3.8, 4) is 11.4 Å². The summed E-state index contributed by atoms with van der Waals surface area (Å²) < 4.78 is 21.0. The lowest BCUT2D eigenvalue weighted by Crippen LogP contribution is -2.38. The summed E-state index contributed by atoms with van der Waals surface area (Å²) in [7, 11) is 2.70. The maximum absolute atomic E-state index is 13.9. The Hall–Kier alpha value is -4.27. The number of rotatable bonds is 4. The number of methoxy groups -OCH3 is 1. The number of hydrogen-bond acceptors (Lipinski definition) is 5. The zero-order chi connectivity index (χ0) is 22.1. The van der Waals surface area contributed by atoms with E-state index in [1.807, 2.05) is 0 Å². The third-order valence-corrected chi connectivity index (χ3v) is 4.78. The summed E-state index contributed by atoms with van der Waals surface area (Å²) in [5, 5.41) is 2.65. The highest BCUT2D eigenvalue weighted by Crippen LogP contribution is 2.21. The second kappa shape index (κ2) is 7.86. The summed E-state index contributed by atoms with van der Waals surface area (Å²) in [5.74, 6) is -1.16. The van der Waals surface area contributed by atoms with Crippen LogP contribution in [0, 0.1) is 5.82 Å². The average molecular weight is 420 g/mol. The van der Waals surface area contributed by atoms with Crippen LogP contribution in [0.4, 0.5) is 10.1 Å². The zero-order valence-corrected chi connectivity index (χ0v) is 16.6. The molecule has 8 nitrogen and oxygen atoms in total. The molecule has 156 valence electrons. The summed E-state index contributed by atoms with van der Waals surface area (Å²) >= 11 is 0. The van der Waals surface area contributed by atoms with Gasteiger partial charge in [0.05, 0.1) is 23.7 Å². The molecule has 1 N–H and O–H groups in total. The summed E-state index contributed by atoms with van der Waals surface area (Å²) in [6.45, 7) is 0. The molecule has 0 bridgehead atoms. The molecule has 0 spiro atoms. The Morgan fingerprint density at radius 3 is 2.52 bits per heavy atom. The number of aromatic nitrogens is 3. The number of pyridine rings is 1. The Labute approximate surface area is 175 Å². The van der Waals surface area contributed by atoms with E-state index >= 15 is 0 Å². The van der Waals surface area contributed by atoms with Gasteiger partial charge >= 0.3 is 5.69 Å². The summed E-state index contributed by atoms with van der Waals surface area (Å²) in [6.07, 6.45) is 1.26. The highest BCUT2D eigenvalue weighted by atomic mass is 19.1. The number of carbonyl (C=O) groups excluding carboxylic acids is 1. The molecule has 9 heteroatoms. The molecule has 0 atom stereocenters. The molecule has 31 heavy (non-hydrogen) atoms. The lowest BCUT2D eigenvalue weighted by Gasteiger charge is -2.12. The second-order valence-corrected chi connectivity index (χ2v) is 6.72. The number of anilines is 1. The van der Waals surface area contributed by atoms with E-state index < -0.39 is 23.0 Å². The SMILES string of the molecule is COc1ccc(NC(=O)c2cnc3c(c2)c(=O)n(C)c(=O)n3-c2ccccc2)cc1F. The monoisotopic (exact) mass is 420 g/mol. The number of benzene rings is 2. The quantitative estimate of drug-likeness (QED) is 0.547. The van der Waals surface area contributed by atoms with Gasteiger partial charge < -0.3 is 10.1 Å². The fraction of sp³-hybridized carbons (Fsp3) is 0.0909. The fourth-order valence-corrected chi connectivity index (χ4v) is 3.18. The molecule has 0 saturated carbocycles. The summed E-state index contributed by atoms with van der Waals surface area (Å²) in [6, 6.07) is 14.1. The Kier molecular flexibility index (Phi) is 5.08. The number of fused-ring (bicyclic) bond motifs is 1. The van der Waals surface area contributed by atoms with Crippen molar-refractivity contribution in [2.24, 2.45) is 7.05 Å². The molecule has 2 heterocycles. The normalized spacial score (nSPS) is 10.8. The molecule has 0 fully saturated rings. The first-order valence-electron chi connectivity index (χ1n) is 9.23. The Bertz CT molecular complexity index is 1430. The van der Waals surface area contributed by atoms with Crippen LogP contribution in [0.5, 0.6) is 5.75 Å². The van der Waals surface area contributed by atoms with Crippen LogP contribution in [0.25, 0.3) is 16.7 Å². The highest BCUT2D eigenvalue weighted by Gasteiger charge is 2.17. The number of nitrogens with zero attached hydrogens (tertiary/aromatic N) is 3. The van der Waals surface area contributed by atoms with Crippen LogP contribution in [0.15, 0.2) is 70.4 Å². The van der Waals surface area contributed by atoms with Crippen LogP contribution in [-0.2, 0) is 7.05 Å². The predicted octanol–water partition coefficient (Wildman–Crippen LogP) is 2.48. The number of nitrogens with one attached hydrogen (secondary N) is 1. The predicted molar refractivity (Wildman–Crippen MR) is 113 cm³/mol. The standard InChI is InChI=1S/C22H17FN4O4/c1-26-21(29)16-10-13(20(28)25-14-8-9-18(31-2)17(23)11-14)12-24-19(16)27(22(26)30)15-6-4-3-5-7-15/h3-12H,1-2H3,(H,25,28). The summed E-state index contributed by atoms with van der Waals surface area (Å²) in [5.41, 5.74) is -0.172. The Balaban J connectivity index is 1.79. The molecule has 0 aliphatic rings. The first-order valence-corrected chi connectivity index (χ1v) is 9.23. The molecule has 2 aromatic carbocycles. The fourth-order valence-electron chi connectivity index (χ4n) is 3.18. The molecule has 2 aromatic heterocycles. The van der Waals surface area contributed by atoms with Crippen molar-refractivity contribution >= 4 is 22.6 Å². The number of carbonyl (C=O) groups is 1. The van der Waals surface area contributed by atoms with Crippen molar-refractivity contribution in [2.75, 3.05) is 12.4 Å². The van der Waals surface area contributed by atoms with Crippen molar-refractivity contribution in [1.29, 1.82) is 0 Å². The van der Waals surface area contributed by atoms with Crippen molar-refractivity contribution < 1.29 is 13.9 Å². The van der Waals surface area contributed by atoms with Gasteiger partial charge in [-0.15, -0.1) is 0 Å². The van der Waals surface area contributed by atoms with E-state index in [1.165, 1.54) is 43.1 Å². The largest absolute Gasteiger partial charge is 0.494 e. The van der Waals surface area contributed by atoms with Crippen LogP contribution in [0.3, 0.4) is 0 Å². The number of amides is 1. The van der Waals surface area contributed by atoms with E-state index in [9.17, 15) is 18.8 Å². The van der Waals surface area contributed by atoms with Crippen LogP contribution in [0.2, 0.25) is 0 Å². The van der Waals surface area contributed by atoms with Crippen LogP contribution in [0.1, 0.15) is 10.4 Å². The minimum absolute atomic E-state index is 0.0488. The molecule has 0 saturated heterocycles. The van der Waals surface area contributed by atoms with Gasteiger partial charge in [0.2, 0.25) is 0 Å². The van der Waals surface area contributed by atoms with Gasteiger partial charge in [-0.1, -0.05) is 18.2 Å². The molecule has 4 aromatic rings. The molecular formula is C22H17FN4O4. The minimum Gasteiger partial charge on any atom is -0.494 e. The van der Waals surface area contributed by atoms with Crippen LogP contribution >= 0.6 is 0 Å². The lowest BCUT2D eigenvalue weighted by atomic mass is 10.2. The number of halogens is 1. The van der Waals surface area contributed by atoms with E-state index in [2.05, 4.69) is 10.3 Å². The van der Waals surface area contributed by atoms with Gasteiger partial charge in [0.25, 0.3) is 11.5 Å². The molecular weight excluding hydrogens is 403 g/mol. The maximum Gasteiger partial charge on any atom is 0.337 e. The maximum atomic E-state index is 13.9. The molecule has 1 amide bonds. The van der Waals surface area contributed by atoms with Crippen LogP contribution < -0.4 is 21.3 Å². The van der Waals surface area contributed by atoms with Gasteiger partial charge in [0.1, 0.15) is 0 Å². The zero-order valence-electron chi connectivity index (χ0n) is 16.6. The second-order valence-electron chi connectivity index (χ2n) is 6.72. The van der Waals surface area contributed by atoms with Gasteiger partial charge in [0, 0.05) is 25.0 Å². The van der Waals surface area contributed by atoms with Crippen molar-refractivity contribution in [1.82, 2.24) is 14.1 Å². The third kappa shape index (κ3) is 3.57. The van der Waals surface area contributed by atoms with Crippen molar-refractivity contribution in [3.63, 3.8) is 0 Å². The van der Waals surface area contributed by atoms with E-state index in [4.69, 9.17) is 4.74 Å². The summed E-state index contributed by atoms with van der Waals surface area (Å²) in [4.78, 5) is 42.3. The molecule has 0 aliphatic heterocycles. The Morgan fingerprint density at radius 1 is 1.10 bits per heavy atom. The molecule has 0 unspecified atom stereocenters. The smallest absolute Gasteiger partial charge is 0.337 e. The number of ether oxygens (including phenoxy) is 1. The lowest BCUT2D eigenvalue weighted by molar-refractivity contribution is 0.102. The van der Waals surface area contributed by atoms with Gasteiger partial charge in [0.15, 0.2) is 17.2 Å². The first kappa shape index (κ1) is 20.0. The van der Waals surface area contributed by atoms with Crippen LogP contribution in [-0.4, -0.2) is 27.1 Å². The van der Waals surface area contributed by atoms with Gasteiger partial charge in [-0.05, 0) is 30.3 Å². The topological polar surface area (TPSA) is 95.2 Å². The van der Waals surface area contributed by atoms with Crippen molar-refractivity contribution in [2.45, 2.75) is 0 Å². The van der Waals surface area contributed by atoms with Gasteiger partial charge in [-0.2, -0.15) is 0 Å². The minimum atomic E-state index is -0.627. The molecule has 0 aliphatic carbocycles. The number of hydrogen-bond donors (Lipinski definition) is 1. The van der Waals surface area contributed by atoms with Crippen molar-refractivity contribution in [3.05, 3.63) is 93.0 Å². The third-order valence-electron chi connectivity index (χ3n) is 4.78. The van der Waals surface area contributed by atoms with Gasteiger partial charge in [-0.3, -0.25) is 14.2 Å². The Morgan fingerprint density at radius 2 is 1.84 bits per heavy atom. The molecule has 4 rings (SSSR count). The van der Waals surface area contributed by atoms with E-state index in [0.29, 0.717) is 5.69 Å². The van der Waals surface area contributed by atoms with E-state index in [1.54, 1.807) is 30.3 Å². The first-order chi connectivity index (χ1) is 14.9. The highest BCUT2D eigenvalue weighted by molar-refractivity contribution is 6.05. The van der Waals surface area contributed by atoms with Gasteiger partial charge in [-0.25, -0.2) is 18.7 Å². The number of para-hydroxylation sites is 1. The average Bonchev–Trinajstić information content (AvgIpc) is 2.78. The molecule has 0 radical (unpaired) electrons. The van der Waals surface area contributed by atoms with E-state index in [0.717, 1.165) is 10.6 Å².